The minimum atomic E-state index is -0.221. The van der Waals surface area contributed by atoms with Gasteiger partial charge in [-0.3, -0.25) is 0 Å². The quantitative estimate of drug-likeness (QED) is 0.726. The molecule has 0 amide bonds. The van der Waals surface area contributed by atoms with E-state index >= 15 is 0 Å². The number of hydrogen-bond acceptors (Lipinski definition) is 3. The van der Waals surface area contributed by atoms with Crippen molar-refractivity contribution in [2.45, 2.75) is 38.6 Å². The molecule has 1 aliphatic heterocycles. The van der Waals surface area contributed by atoms with Gasteiger partial charge < -0.3 is 14.0 Å². The fourth-order valence-corrected chi connectivity index (χ4v) is 3.36. The maximum Gasteiger partial charge on any atom is 0.339 e. The van der Waals surface area contributed by atoms with Crippen LogP contribution in [0.15, 0.2) is 42.6 Å². The van der Waals surface area contributed by atoms with Crippen LogP contribution >= 0.6 is 0 Å². The van der Waals surface area contributed by atoms with Gasteiger partial charge in [-0.1, -0.05) is 30.3 Å². The first kappa shape index (κ1) is 16.8. The second-order valence-corrected chi connectivity index (χ2v) is 6.18. The number of esters is 1. The second-order valence-electron chi connectivity index (χ2n) is 6.18. The summed E-state index contributed by atoms with van der Waals surface area (Å²) < 4.78 is 13.0. The van der Waals surface area contributed by atoms with E-state index in [1.54, 1.807) is 0 Å². The van der Waals surface area contributed by atoms with E-state index in [0.29, 0.717) is 18.8 Å². The number of aromatic nitrogens is 1. The van der Waals surface area contributed by atoms with E-state index in [4.69, 9.17) is 9.47 Å². The Hall–Kier alpha value is -2.07. The molecule has 1 aliphatic rings. The summed E-state index contributed by atoms with van der Waals surface area (Å²) in [6, 6.07) is 12.4. The third-order valence-corrected chi connectivity index (χ3v) is 4.53. The van der Waals surface area contributed by atoms with Gasteiger partial charge in [0.2, 0.25) is 0 Å². The number of rotatable bonds is 7. The minimum Gasteiger partial charge on any atom is -0.462 e. The van der Waals surface area contributed by atoms with Crippen molar-refractivity contribution >= 4 is 5.97 Å². The first-order valence-corrected chi connectivity index (χ1v) is 8.77. The van der Waals surface area contributed by atoms with Crippen molar-refractivity contribution in [2.75, 3.05) is 19.8 Å². The lowest BCUT2D eigenvalue weighted by Crippen LogP contribution is -2.14. The van der Waals surface area contributed by atoms with Crippen molar-refractivity contribution in [2.24, 2.45) is 0 Å². The normalized spacial score (nSPS) is 17.1. The van der Waals surface area contributed by atoms with Gasteiger partial charge in [-0.2, -0.15) is 0 Å². The summed E-state index contributed by atoms with van der Waals surface area (Å²) in [4.78, 5) is 12.3. The average Bonchev–Trinajstić information content (AvgIpc) is 3.25. The van der Waals surface area contributed by atoms with Crippen molar-refractivity contribution in [3.8, 4) is 0 Å². The summed E-state index contributed by atoms with van der Waals surface area (Å²) in [6.07, 6.45) is 5.07. The van der Waals surface area contributed by atoms with Crippen LogP contribution in [0.1, 0.15) is 47.3 Å². The highest BCUT2D eigenvalue weighted by Gasteiger charge is 2.27. The molecule has 3 rings (SSSR count). The van der Waals surface area contributed by atoms with E-state index in [0.717, 1.165) is 38.1 Å². The maximum absolute atomic E-state index is 12.3. The lowest BCUT2D eigenvalue weighted by molar-refractivity contribution is 0.0524. The van der Waals surface area contributed by atoms with Gasteiger partial charge in [0.1, 0.15) is 0 Å². The Balaban J connectivity index is 1.73. The molecule has 128 valence electrons. The van der Waals surface area contributed by atoms with Crippen LogP contribution in [-0.4, -0.2) is 30.4 Å². The Morgan fingerprint density at radius 2 is 2.12 bits per heavy atom. The Kier molecular flexibility index (Phi) is 5.70. The zero-order valence-corrected chi connectivity index (χ0v) is 14.2. The van der Waals surface area contributed by atoms with Gasteiger partial charge in [-0.25, -0.2) is 4.79 Å². The van der Waals surface area contributed by atoms with Gasteiger partial charge in [0.25, 0.3) is 0 Å². The molecule has 0 saturated carbocycles. The number of hydrogen-bond donors (Lipinski definition) is 0. The van der Waals surface area contributed by atoms with Crippen molar-refractivity contribution in [1.29, 1.82) is 0 Å². The lowest BCUT2D eigenvalue weighted by atomic mass is 10.0. The van der Waals surface area contributed by atoms with Crippen LogP contribution in [0.4, 0.5) is 0 Å². The van der Waals surface area contributed by atoms with E-state index in [-0.39, 0.29) is 11.9 Å². The summed E-state index contributed by atoms with van der Waals surface area (Å²) in [5.74, 6) is 0.0670. The summed E-state index contributed by atoms with van der Waals surface area (Å²) in [7, 11) is 0. The Morgan fingerprint density at radius 3 is 2.83 bits per heavy atom. The van der Waals surface area contributed by atoms with Crippen LogP contribution in [0.5, 0.6) is 0 Å². The molecule has 24 heavy (non-hydrogen) atoms. The largest absolute Gasteiger partial charge is 0.462 e. The minimum absolute atomic E-state index is 0.221. The first-order chi connectivity index (χ1) is 11.8. The molecule has 1 fully saturated rings. The number of ether oxygens (including phenoxy) is 2. The molecule has 4 nitrogen and oxygen atoms in total. The summed E-state index contributed by atoms with van der Waals surface area (Å²) in [5.41, 5.74) is 3.13. The fourth-order valence-electron chi connectivity index (χ4n) is 3.36. The molecule has 1 aromatic heterocycles. The molecule has 1 unspecified atom stereocenters. The smallest absolute Gasteiger partial charge is 0.339 e. The Morgan fingerprint density at radius 1 is 1.29 bits per heavy atom. The molecule has 0 aliphatic carbocycles. The van der Waals surface area contributed by atoms with Crippen molar-refractivity contribution in [3.63, 3.8) is 0 Å². The van der Waals surface area contributed by atoms with Gasteiger partial charge in [0, 0.05) is 31.0 Å². The standard InChI is InChI=1S/C20H25NO3/c1-2-24-20(22)18-10-13-21(19(18)17-11-14-23-15-17)12-6-9-16-7-4-3-5-8-16/h3-5,7-8,10,13,17H,2,6,9,11-12,14-15H2,1H3. The molecule has 4 heteroatoms. The number of carbonyl (C=O) groups excluding carboxylic acids is 1. The van der Waals surface area contributed by atoms with Gasteiger partial charge >= 0.3 is 5.97 Å². The molecule has 2 heterocycles. The van der Waals surface area contributed by atoms with Crippen LogP contribution in [0, 0.1) is 0 Å². The van der Waals surface area contributed by atoms with Gasteiger partial charge in [0.05, 0.1) is 18.8 Å². The summed E-state index contributed by atoms with van der Waals surface area (Å²) in [5, 5.41) is 0. The highest BCUT2D eigenvalue weighted by molar-refractivity contribution is 5.91. The molecule has 0 spiro atoms. The Labute approximate surface area is 143 Å². The zero-order valence-electron chi connectivity index (χ0n) is 14.2. The average molecular weight is 327 g/mol. The third-order valence-electron chi connectivity index (χ3n) is 4.53. The third kappa shape index (κ3) is 3.88. The fraction of sp³-hybridized carbons (Fsp3) is 0.450. The highest BCUT2D eigenvalue weighted by atomic mass is 16.5. The molecule has 2 aromatic rings. The van der Waals surface area contributed by atoms with Crippen LogP contribution in [0.25, 0.3) is 0 Å². The van der Waals surface area contributed by atoms with Crippen LogP contribution in [-0.2, 0) is 22.4 Å². The van der Waals surface area contributed by atoms with Gasteiger partial charge in [-0.05, 0) is 37.8 Å². The second kappa shape index (κ2) is 8.15. The van der Waals surface area contributed by atoms with E-state index in [1.165, 1.54) is 5.56 Å². The molecule has 1 atom stereocenters. The number of aryl methyl sites for hydroxylation is 2. The van der Waals surface area contributed by atoms with Crippen LogP contribution in [0.2, 0.25) is 0 Å². The predicted octanol–water partition coefficient (Wildman–Crippen LogP) is 3.80. The van der Waals surface area contributed by atoms with E-state index in [2.05, 4.69) is 28.8 Å². The number of carbonyl (C=O) groups is 1. The zero-order chi connectivity index (χ0) is 16.8. The van der Waals surface area contributed by atoms with Crippen LogP contribution in [0.3, 0.4) is 0 Å². The molecule has 0 N–H and O–H groups in total. The maximum atomic E-state index is 12.3. The summed E-state index contributed by atoms with van der Waals surface area (Å²) in [6.45, 7) is 4.60. The SMILES string of the molecule is CCOC(=O)c1ccn(CCCc2ccccc2)c1C1CCOC1. The summed E-state index contributed by atoms with van der Waals surface area (Å²) >= 11 is 0. The number of benzene rings is 1. The van der Waals surface area contributed by atoms with E-state index < -0.39 is 0 Å². The van der Waals surface area contributed by atoms with E-state index in [9.17, 15) is 4.79 Å². The Bertz CT molecular complexity index is 657. The molecular formula is C20H25NO3. The first-order valence-electron chi connectivity index (χ1n) is 8.77. The van der Waals surface area contributed by atoms with Crippen molar-refractivity contribution in [1.82, 2.24) is 4.57 Å². The number of nitrogens with zero attached hydrogens (tertiary/aromatic N) is 1. The van der Waals surface area contributed by atoms with Crippen LogP contribution < -0.4 is 0 Å². The molecule has 1 aromatic carbocycles. The monoisotopic (exact) mass is 327 g/mol. The molecular weight excluding hydrogens is 302 g/mol. The van der Waals surface area contributed by atoms with Gasteiger partial charge in [0.15, 0.2) is 0 Å². The molecule has 0 bridgehead atoms. The van der Waals surface area contributed by atoms with Gasteiger partial charge in [-0.15, -0.1) is 0 Å². The molecule has 1 saturated heterocycles. The lowest BCUT2D eigenvalue weighted by Gasteiger charge is -2.16. The molecule has 0 radical (unpaired) electrons. The highest BCUT2D eigenvalue weighted by Crippen LogP contribution is 2.30. The van der Waals surface area contributed by atoms with Crippen molar-refractivity contribution in [3.05, 3.63) is 59.4 Å². The topological polar surface area (TPSA) is 40.5 Å². The predicted molar refractivity (Wildman–Crippen MR) is 93.3 cm³/mol. The van der Waals surface area contributed by atoms with E-state index in [1.807, 2.05) is 25.3 Å². The van der Waals surface area contributed by atoms with Crippen molar-refractivity contribution < 1.29 is 14.3 Å².